The number of likely N-dealkylation sites (tertiary alicyclic amines) is 1. The average molecular weight is 399 g/mol. The highest BCUT2D eigenvalue weighted by Gasteiger charge is 2.38. The second-order valence-electron chi connectivity index (χ2n) is 7.72. The molecule has 2 aliphatic heterocycles. The number of halogens is 1. The molecule has 0 bridgehead atoms. The highest BCUT2D eigenvalue weighted by molar-refractivity contribution is 5.96. The quantitative estimate of drug-likeness (QED) is 0.793. The molecule has 0 aliphatic carbocycles. The number of rotatable bonds is 4. The van der Waals surface area contributed by atoms with Gasteiger partial charge in [-0.05, 0) is 49.1 Å². The summed E-state index contributed by atoms with van der Waals surface area (Å²) in [6.07, 6.45) is 3.88. The van der Waals surface area contributed by atoms with Gasteiger partial charge in [-0.1, -0.05) is 12.1 Å². The molecule has 29 heavy (non-hydrogen) atoms. The molecule has 3 heterocycles. The fraction of sp³-hybridized carbons (Fsp3) is 0.455. The molecular weight excluding hydrogens is 373 g/mol. The number of nitrogens with zero attached hydrogens (tertiary/aromatic N) is 3. The van der Waals surface area contributed by atoms with Crippen molar-refractivity contribution < 1.29 is 18.4 Å². The predicted molar refractivity (Wildman–Crippen MR) is 106 cm³/mol. The Morgan fingerprint density at radius 3 is 2.59 bits per heavy atom. The smallest absolute Gasteiger partial charge is 0.290 e. The minimum Gasteiger partial charge on any atom is -0.459 e. The summed E-state index contributed by atoms with van der Waals surface area (Å²) in [6.45, 7) is 4.31. The van der Waals surface area contributed by atoms with Gasteiger partial charge in [-0.15, -0.1) is 0 Å². The molecule has 4 rings (SSSR count). The maximum absolute atomic E-state index is 13.2. The second kappa shape index (κ2) is 8.78. The van der Waals surface area contributed by atoms with E-state index in [1.165, 1.54) is 18.4 Å². The van der Waals surface area contributed by atoms with Gasteiger partial charge >= 0.3 is 0 Å². The molecule has 0 saturated carbocycles. The minimum absolute atomic E-state index is 0.0334. The molecule has 6 nitrogen and oxygen atoms in total. The third-order valence-electron chi connectivity index (χ3n) is 5.75. The Balaban J connectivity index is 1.36. The van der Waals surface area contributed by atoms with Gasteiger partial charge in [-0.25, -0.2) is 4.39 Å². The Morgan fingerprint density at radius 1 is 1.00 bits per heavy atom. The summed E-state index contributed by atoms with van der Waals surface area (Å²) in [4.78, 5) is 31.7. The van der Waals surface area contributed by atoms with Crippen LogP contribution in [0.25, 0.3) is 0 Å². The molecule has 1 aromatic carbocycles. The monoisotopic (exact) mass is 399 g/mol. The van der Waals surface area contributed by atoms with E-state index in [0.717, 1.165) is 38.0 Å². The average Bonchev–Trinajstić information content (AvgIpc) is 3.38. The standard InChI is InChI=1S/C22H26FN3O3/c23-18-8-6-17(7-9-18)16-24-10-3-11-25(14-13-24)21(27)19-4-1-12-26(19)22(28)20-5-2-15-29-20/h2,5-9,15,19H,1,3-4,10-14,16H2. The van der Waals surface area contributed by atoms with Crippen molar-refractivity contribution in [2.45, 2.75) is 31.8 Å². The number of hydrogen-bond donors (Lipinski definition) is 0. The SMILES string of the molecule is O=C(C1CCCN1C(=O)c1ccco1)N1CCCN(Cc2ccc(F)cc2)CC1. The summed E-state index contributed by atoms with van der Waals surface area (Å²) in [5.41, 5.74) is 1.07. The molecule has 2 aromatic rings. The highest BCUT2D eigenvalue weighted by Crippen LogP contribution is 2.23. The fourth-order valence-electron chi connectivity index (χ4n) is 4.22. The van der Waals surface area contributed by atoms with Crippen LogP contribution in [-0.4, -0.2) is 65.3 Å². The maximum Gasteiger partial charge on any atom is 0.290 e. The molecular formula is C22H26FN3O3. The molecule has 2 fully saturated rings. The third kappa shape index (κ3) is 4.50. The summed E-state index contributed by atoms with van der Waals surface area (Å²) in [7, 11) is 0. The fourth-order valence-corrected chi connectivity index (χ4v) is 4.22. The molecule has 154 valence electrons. The van der Waals surface area contributed by atoms with E-state index in [9.17, 15) is 14.0 Å². The Morgan fingerprint density at radius 2 is 1.83 bits per heavy atom. The van der Waals surface area contributed by atoms with Gasteiger partial charge in [0.15, 0.2) is 5.76 Å². The maximum atomic E-state index is 13.2. The van der Waals surface area contributed by atoms with Gasteiger partial charge in [0.05, 0.1) is 6.26 Å². The Kier molecular flexibility index (Phi) is 5.94. The number of hydrogen-bond acceptors (Lipinski definition) is 4. The van der Waals surface area contributed by atoms with E-state index in [1.54, 1.807) is 29.2 Å². The first-order chi connectivity index (χ1) is 14.1. The second-order valence-corrected chi connectivity index (χ2v) is 7.72. The van der Waals surface area contributed by atoms with Gasteiger partial charge in [0.1, 0.15) is 11.9 Å². The lowest BCUT2D eigenvalue weighted by molar-refractivity contribution is -0.135. The van der Waals surface area contributed by atoms with Gasteiger partial charge in [-0.2, -0.15) is 0 Å². The van der Waals surface area contributed by atoms with Gasteiger partial charge in [0.25, 0.3) is 5.91 Å². The lowest BCUT2D eigenvalue weighted by Crippen LogP contribution is -2.48. The van der Waals surface area contributed by atoms with Crippen molar-refractivity contribution in [3.8, 4) is 0 Å². The molecule has 7 heteroatoms. The summed E-state index contributed by atoms with van der Waals surface area (Å²) in [5, 5.41) is 0. The summed E-state index contributed by atoms with van der Waals surface area (Å²) in [5.74, 6) is -0.123. The van der Waals surface area contributed by atoms with E-state index in [1.807, 2.05) is 4.90 Å². The number of carbonyl (C=O) groups excluding carboxylic acids is 2. The summed E-state index contributed by atoms with van der Waals surface area (Å²) >= 11 is 0. The topological polar surface area (TPSA) is 57.0 Å². The molecule has 2 aliphatic rings. The first-order valence-electron chi connectivity index (χ1n) is 10.2. The zero-order valence-electron chi connectivity index (χ0n) is 16.4. The van der Waals surface area contributed by atoms with Gasteiger partial charge < -0.3 is 14.2 Å². The van der Waals surface area contributed by atoms with E-state index >= 15 is 0 Å². The van der Waals surface area contributed by atoms with E-state index in [4.69, 9.17) is 4.42 Å². The van der Waals surface area contributed by atoms with Crippen molar-refractivity contribution in [2.24, 2.45) is 0 Å². The summed E-state index contributed by atoms with van der Waals surface area (Å²) in [6, 6.07) is 9.49. The normalized spacial score (nSPS) is 20.7. The van der Waals surface area contributed by atoms with Crippen molar-refractivity contribution in [1.82, 2.24) is 14.7 Å². The van der Waals surface area contributed by atoms with Crippen LogP contribution in [-0.2, 0) is 11.3 Å². The van der Waals surface area contributed by atoms with E-state index in [-0.39, 0.29) is 23.4 Å². The molecule has 1 unspecified atom stereocenters. The van der Waals surface area contributed by atoms with Crippen molar-refractivity contribution in [3.05, 3.63) is 59.8 Å². The molecule has 0 spiro atoms. The summed E-state index contributed by atoms with van der Waals surface area (Å²) < 4.78 is 18.3. The van der Waals surface area contributed by atoms with Gasteiger partial charge in [0.2, 0.25) is 5.91 Å². The van der Waals surface area contributed by atoms with Crippen molar-refractivity contribution in [1.29, 1.82) is 0 Å². The zero-order valence-corrected chi connectivity index (χ0v) is 16.4. The number of benzene rings is 1. The van der Waals surface area contributed by atoms with Crippen LogP contribution in [0.5, 0.6) is 0 Å². The molecule has 0 N–H and O–H groups in total. The lowest BCUT2D eigenvalue weighted by Gasteiger charge is -2.29. The van der Waals surface area contributed by atoms with E-state index in [2.05, 4.69) is 4.90 Å². The van der Waals surface area contributed by atoms with Crippen LogP contribution in [0, 0.1) is 5.82 Å². The van der Waals surface area contributed by atoms with Gasteiger partial charge in [-0.3, -0.25) is 14.5 Å². The molecule has 1 aromatic heterocycles. The van der Waals surface area contributed by atoms with Gasteiger partial charge in [0, 0.05) is 39.3 Å². The van der Waals surface area contributed by atoms with Crippen LogP contribution >= 0.6 is 0 Å². The zero-order chi connectivity index (χ0) is 20.2. The predicted octanol–water partition coefficient (Wildman–Crippen LogP) is 2.76. The lowest BCUT2D eigenvalue weighted by atomic mass is 10.1. The highest BCUT2D eigenvalue weighted by atomic mass is 19.1. The van der Waals surface area contributed by atoms with Crippen LogP contribution in [0.1, 0.15) is 35.4 Å². The molecule has 1 atom stereocenters. The Bertz CT molecular complexity index is 837. The van der Waals surface area contributed by atoms with Crippen LogP contribution in [0.2, 0.25) is 0 Å². The Labute approximate surface area is 169 Å². The first kappa shape index (κ1) is 19.6. The van der Waals surface area contributed by atoms with E-state index in [0.29, 0.717) is 26.1 Å². The first-order valence-corrected chi connectivity index (χ1v) is 10.2. The van der Waals surface area contributed by atoms with Crippen molar-refractivity contribution in [2.75, 3.05) is 32.7 Å². The van der Waals surface area contributed by atoms with Crippen LogP contribution < -0.4 is 0 Å². The van der Waals surface area contributed by atoms with Crippen LogP contribution in [0.3, 0.4) is 0 Å². The largest absolute Gasteiger partial charge is 0.459 e. The van der Waals surface area contributed by atoms with Crippen molar-refractivity contribution in [3.63, 3.8) is 0 Å². The van der Waals surface area contributed by atoms with Crippen LogP contribution in [0.4, 0.5) is 4.39 Å². The Hall–Kier alpha value is -2.67. The number of furan rings is 1. The molecule has 2 saturated heterocycles. The third-order valence-corrected chi connectivity index (χ3v) is 5.75. The molecule has 0 radical (unpaired) electrons. The molecule has 2 amide bonds. The van der Waals surface area contributed by atoms with Crippen molar-refractivity contribution >= 4 is 11.8 Å². The van der Waals surface area contributed by atoms with Crippen LogP contribution in [0.15, 0.2) is 47.1 Å². The number of carbonyl (C=O) groups is 2. The van der Waals surface area contributed by atoms with E-state index < -0.39 is 6.04 Å². The minimum atomic E-state index is -0.406. The number of amides is 2.